The van der Waals surface area contributed by atoms with Gasteiger partial charge in [-0.25, -0.2) is 9.78 Å². The van der Waals surface area contributed by atoms with E-state index in [1.807, 2.05) is 42.5 Å². The number of aromatic amines is 1. The molecule has 0 radical (unpaired) electrons. The smallest absolute Gasteiger partial charge is 0.329 e. The number of nitrogens with one attached hydrogen (secondary N) is 1. The monoisotopic (exact) mass is 393 g/mol. The van der Waals surface area contributed by atoms with Gasteiger partial charge in [0.25, 0.3) is 5.56 Å². The highest BCUT2D eigenvalue weighted by Gasteiger charge is 2.15. The van der Waals surface area contributed by atoms with E-state index >= 15 is 0 Å². The standard InChI is InChI=1S/C21H16ClN3O3/c1-25-19-18(20(26)24-21(25)27)16(12-3-7-14(22)8-4-12)11-17(23-19)13-5-9-15(28-2)10-6-13/h3-11H,1-2H3,(H,24,26,27). The van der Waals surface area contributed by atoms with Gasteiger partial charge in [-0.15, -0.1) is 0 Å². The first-order valence-electron chi connectivity index (χ1n) is 8.52. The average molecular weight is 394 g/mol. The van der Waals surface area contributed by atoms with Crippen LogP contribution in [0.15, 0.2) is 64.2 Å². The number of rotatable bonds is 3. The fourth-order valence-corrected chi connectivity index (χ4v) is 3.23. The largest absolute Gasteiger partial charge is 0.497 e. The Bertz CT molecular complexity index is 1290. The van der Waals surface area contributed by atoms with Gasteiger partial charge in [0.05, 0.1) is 18.2 Å². The summed E-state index contributed by atoms with van der Waals surface area (Å²) in [6, 6.07) is 16.4. The van der Waals surface area contributed by atoms with Gasteiger partial charge in [-0.1, -0.05) is 23.7 Å². The van der Waals surface area contributed by atoms with Crippen LogP contribution in [-0.4, -0.2) is 21.6 Å². The maximum Gasteiger partial charge on any atom is 0.329 e. The Hall–Kier alpha value is -3.38. The minimum Gasteiger partial charge on any atom is -0.497 e. The molecule has 0 spiro atoms. The van der Waals surface area contributed by atoms with E-state index in [-0.39, 0.29) is 0 Å². The molecule has 0 aliphatic rings. The summed E-state index contributed by atoms with van der Waals surface area (Å²) in [5.74, 6) is 0.728. The van der Waals surface area contributed by atoms with Gasteiger partial charge in [-0.3, -0.25) is 14.3 Å². The lowest BCUT2D eigenvalue weighted by Crippen LogP contribution is -2.29. The molecule has 0 amide bonds. The lowest BCUT2D eigenvalue weighted by molar-refractivity contribution is 0.415. The first-order valence-corrected chi connectivity index (χ1v) is 8.90. The molecule has 4 aromatic rings. The summed E-state index contributed by atoms with van der Waals surface area (Å²) in [7, 11) is 3.18. The van der Waals surface area contributed by atoms with Crippen molar-refractivity contribution in [3.8, 4) is 28.1 Å². The van der Waals surface area contributed by atoms with Crippen LogP contribution in [-0.2, 0) is 7.05 Å². The molecule has 28 heavy (non-hydrogen) atoms. The number of hydrogen-bond acceptors (Lipinski definition) is 4. The van der Waals surface area contributed by atoms with Crippen LogP contribution in [0.5, 0.6) is 5.75 Å². The Morgan fingerprint density at radius 2 is 1.64 bits per heavy atom. The third-order valence-corrected chi connectivity index (χ3v) is 4.86. The number of aryl methyl sites for hydroxylation is 1. The van der Waals surface area contributed by atoms with Gasteiger partial charge in [0.1, 0.15) is 5.75 Å². The Labute approximate surface area is 165 Å². The van der Waals surface area contributed by atoms with Crippen molar-refractivity contribution in [2.45, 2.75) is 0 Å². The number of fused-ring (bicyclic) bond motifs is 1. The number of benzene rings is 2. The zero-order valence-corrected chi connectivity index (χ0v) is 15.9. The van der Waals surface area contributed by atoms with Crippen LogP contribution in [0, 0.1) is 0 Å². The molecular weight excluding hydrogens is 378 g/mol. The maximum absolute atomic E-state index is 12.6. The molecule has 0 aliphatic carbocycles. The molecule has 2 aromatic carbocycles. The van der Waals surface area contributed by atoms with Gasteiger partial charge in [0.15, 0.2) is 5.65 Å². The molecule has 2 heterocycles. The highest BCUT2D eigenvalue weighted by molar-refractivity contribution is 6.30. The zero-order valence-electron chi connectivity index (χ0n) is 15.2. The highest BCUT2D eigenvalue weighted by atomic mass is 35.5. The molecular formula is C21H16ClN3O3. The van der Waals surface area contributed by atoms with Gasteiger partial charge in [-0.05, 0) is 48.0 Å². The van der Waals surface area contributed by atoms with Crippen LogP contribution >= 0.6 is 11.6 Å². The molecule has 0 bridgehead atoms. The number of methoxy groups -OCH3 is 1. The van der Waals surface area contributed by atoms with Gasteiger partial charge < -0.3 is 4.74 Å². The summed E-state index contributed by atoms with van der Waals surface area (Å²) in [6.07, 6.45) is 0. The Morgan fingerprint density at radius 1 is 1.00 bits per heavy atom. The number of ether oxygens (including phenoxy) is 1. The molecule has 4 rings (SSSR count). The van der Waals surface area contributed by atoms with Crippen LogP contribution in [0.1, 0.15) is 0 Å². The van der Waals surface area contributed by atoms with Crippen LogP contribution in [0.2, 0.25) is 5.02 Å². The van der Waals surface area contributed by atoms with Crippen molar-refractivity contribution in [1.29, 1.82) is 0 Å². The van der Waals surface area contributed by atoms with E-state index in [0.717, 1.165) is 16.9 Å². The number of H-pyrrole nitrogens is 1. The van der Waals surface area contributed by atoms with Crippen molar-refractivity contribution in [1.82, 2.24) is 14.5 Å². The lowest BCUT2D eigenvalue weighted by atomic mass is 10.00. The summed E-state index contributed by atoms with van der Waals surface area (Å²) in [5.41, 5.74) is 2.27. The van der Waals surface area contributed by atoms with Gasteiger partial charge in [0.2, 0.25) is 0 Å². The van der Waals surface area contributed by atoms with Crippen LogP contribution < -0.4 is 16.0 Å². The van der Waals surface area contributed by atoms with Crippen LogP contribution in [0.3, 0.4) is 0 Å². The minimum atomic E-state index is -0.515. The van der Waals surface area contributed by atoms with Gasteiger partial charge in [0, 0.05) is 23.2 Å². The fourth-order valence-electron chi connectivity index (χ4n) is 3.10. The zero-order chi connectivity index (χ0) is 19.8. The summed E-state index contributed by atoms with van der Waals surface area (Å²) < 4.78 is 6.54. The summed E-state index contributed by atoms with van der Waals surface area (Å²) in [6.45, 7) is 0. The Morgan fingerprint density at radius 3 is 2.29 bits per heavy atom. The topological polar surface area (TPSA) is 77.0 Å². The van der Waals surface area contributed by atoms with Crippen molar-refractivity contribution < 1.29 is 4.74 Å². The summed E-state index contributed by atoms with van der Waals surface area (Å²) in [4.78, 5) is 31.7. The van der Waals surface area contributed by atoms with Gasteiger partial charge in [-0.2, -0.15) is 0 Å². The number of hydrogen-bond donors (Lipinski definition) is 1. The first kappa shape index (κ1) is 18.0. The summed E-state index contributed by atoms with van der Waals surface area (Å²) in [5, 5.41) is 0.945. The first-order chi connectivity index (χ1) is 13.5. The lowest BCUT2D eigenvalue weighted by Gasteiger charge is -2.12. The predicted molar refractivity (Wildman–Crippen MR) is 110 cm³/mol. The predicted octanol–water partition coefficient (Wildman–Crippen LogP) is 3.62. The maximum atomic E-state index is 12.6. The summed E-state index contributed by atoms with van der Waals surface area (Å²) >= 11 is 6.01. The normalized spacial score (nSPS) is 11.0. The molecule has 7 heteroatoms. The third kappa shape index (κ3) is 3.08. The molecule has 0 unspecified atom stereocenters. The quantitative estimate of drug-likeness (QED) is 0.576. The minimum absolute atomic E-state index is 0.312. The van der Waals surface area contributed by atoms with E-state index in [2.05, 4.69) is 9.97 Å². The molecule has 6 nitrogen and oxygen atoms in total. The van der Waals surface area contributed by atoms with E-state index in [1.54, 1.807) is 26.3 Å². The number of nitrogens with zero attached hydrogens (tertiary/aromatic N) is 2. The molecule has 2 aromatic heterocycles. The molecule has 0 saturated heterocycles. The second-order valence-electron chi connectivity index (χ2n) is 6.31. The van der Waals surface area contributed by atoms with E-state index < -0.39 is 11.2 Å². The van der Waals surface area contributed by atoms with Crippen molar-refractivity contribution in [2.24, 2.45) is 7.05 Å². The number of pyridine rings is 1. The van der Waals surface area contributed by atoms with E-state index in [0.29, 0.717) is 27.3 Å². The van der Waals surface area contributed by atoms with Crippen molar-refractivity contribution in [3.05, 3.63) is 80.5 Å². The second-order valence-corrected chi connectivity index (χ2v) is 6.74. The molecule has 0 saturated carbocycles. The number of aromatic nitrogens is 3. The molecule has 1 N–H and O–H groups in total. The Balaban J connectivity index is 2.07. The van der Waals surface area contributed by atoms with E-state index in [4.69, 9.17) is 16.3 Å². The third-order valence-electron chi connectivity index (χ3n) is 4.61. The number of halogens is 1. The van der Waals surface area contributed by atoms with Crippen molar-refractivity contribution >= 4 is 22.6 Å². The molecule has 140 valence electrons. The second kappa shape index (κ2) is 6.98. The molecule has 0 aliphatic heterocycles. The molecule has 0 fully saturated rings. The SMILES string of the molecule is COc1ccc(-c2cc(-c3ccc(Cl)cc3)c3c(=O)[nH]c(=O)n(C)c3n2)cc1. The average Bonchev–Trinajstić information content (AvgIpc) is 2.72. The van der Waals surface area contributed by atoms with Crippen LogP contribution in [0.4, 0.5) is 0 Å². The Kier molecular flexibility index (Phi) is 4.49. The van der Waals surface area contributed by atoms with Crippen molar-refractivity contribution in [3.63, 3.8) is 0 Å². The van der Waals surface area contributed by atoms with Crippen LogP contribution in [0.25, 0.3) is 33.4 Å². The van der Waals surface area contributed by atoms with Crippen molar-refractivity contribution in [2.75, 3.05) is 7.11 Å². The van der Waals surface area contributed by atoms with E-state index in [1.165, 1.54) is 4.57 Å². The van der Waals surface area contributed by atoms with Gasteiger partial charge >= 0.3 is 5.69 Å². The fraction of sp³-hybridized carbons (Fsp3) is 0.0952. The molecule has 0 atom stereocenters. The highest BCUT2D eigenvalue weighted by Crippen LogP contribution is 2.31. The van der Waals surface area contributed by atoms with E-state index in [9.17, 15) is 9.59 Å².